The van der Waals surface area contributed by atoms with Crippen LogP contribution in [0.5, 0.6) is 0 Å². The minimum absolute atomic E-state index is 0.422. The van der Waals surface area contributed by atoms with Gasteiger partial charge >= 0.3 is 5.97 Å². The number of rotatable bonds is 1. The summed E-state index contributed by atoms with van der Waals surface area (Å²) < 4.78 is 13.3. The molecule has 1 aromatic rings. The molecule has 0 aromatic carbocycles. The molecule has 1 amide bonds. The predicted octanol–water partition coefficient (Wildman–Crippen LogP) is -0.244. The van der Waals surface area contributed by atoms with Crippen LogP contribution in [0, 0.1) is 17.7 Å². The SMILES string of the molecule is NC(=O)C#Cc1nccc(C(=O)O)c1F. The predicted molar refractivity (Wildman–Crippen MR) is 47.2 cm³/mol. The van der Waals surface area contributed by atoms with E-state index in [1.165, 1.54) is 0 Å². The molecule has 0 atom stereocenters. The van der Waals surface area contributed by atoms with E-state index in [0.29, 0.717) is 0 Å². The fourth-order valence-corrected chi connectivity index (χ4v) is 0.817. The van der Waals surface area contributed by atoms with Crippen molar-refractivity contribution in [1.82, 2.24) is 4.98 Å². The van der Waals surface area contributed by atoms with Crippen LogP contribution in [-0.2, 0) is 4.79 Å². The van der Waals surface area contributed by atoms with E-state index in [9.17, 15) is 14.0 Å². The highest BCUT2D eigenvalue weighted by Gasteiger charge is 2.13. The van der Waals surface area contributed by atoms with E-state index in [2.05, 4.69) is 4.98 Å². The fraction of sp³-hybridized carbons (Fsp3) is 0. The second-order valence-electron chi connectivity index (χ2n) is 2.44. The molecule has 1 aromatic heterocycles. The Morgan fingerprint density at radius 3 is 2.73 bits per heavy atom. The molecular weight excluding hydrogens is 203 g/mol. The maximum Gasteiger partial charge on any atom is 0.338 e. The molecule has 0 aliphatic carbocycles. The molecule has 1 rings (SSSR count). The van der Waals surface area contributed by atoms with Crippen LogP contribution in [0.15, 0.2) is 12.3 Å². The van der Waals surface area contributed by atoms with E-state index in [1.807, 2.05) is 11.8 Å². The molecule has 0 aliphatic rings. The van der Waals surface area contributed by atoms with Crippen LogP contribution in [0.25, 0.3) is 0 Å². The van der Waals surface area contributed by atoms with Crippen molar-refractivity contribution in [2.24, 2.45) is 5.73 Å². The Kier molecular flexibility index (Phi) is 2.98. The Labute approximate surface area is 83.7 Å². The van der Waals surface area contributed by atoms with Crippen LogP contribution in [0.4, 0.5) is 4.39 Å². The number of nitrogens with two attached hydrogens (primary N) is 1. The van der Waals surface area contributed by atoms with Gasteiger partial charge in [-0.05, 0) is 12.0 Å². The van der Waals surface area contributed by atoms with Gasteiger partial charge in [-0.15, -0.1) is 0 Å². The molecule has 3 N–H and O–H groups in total. The van der Waals surface area contributed by atoms with Gasteiger partial charge < -0.3 is 10.8 Å². The highest BCUT2D eigenvalue weighted by Crippen LogP contribution is 2.08. The van der Waals surface area contributed by atoms with Crippen molar-refractivity contribution in [1.29, 1.82) is 0 Å². The lowest BCUT2D eigenvalue weighted by molar-refractivity contribution is -0.112. The molecule has 0 saturated heterocycles. The van der Waals surface area contributed by atoms with E-state index in [1.54, 1.807) is 0 Å². The maximum atomic E-state index is 13.3. The molecule has 1 heterocycles. The van der Waals surface area contributed by atoms with E-state index >= 15 is 0 Å². The van der Waals surface area contributed by atoms with Gasteiger partial charge in [0, 0.05) is 12.1 Å². The van der Waals surface area contributed by atoms with Crippen LogP contribution < -0.4 is 5.73 Å². The quantitative estimate of drug-likeness (QED) is 0.622. The summed E-state index contributed by atoms with van der Waals surface area (Å²) in [6.07, 6.45) is 1.08. The molecule has 0 spiro atoms. The van der Waals surface area contributed by atoms with Crippen molar-refractivity contribution in [2.45, 2.75) is 0 Å². The number of halogens is 1. The molecule has 0 fully saturated rings. The summed E-state index contributed by atoms with van der Waals surface area (Å²) >= 11 is 0. The third kappa shape index (κ3) is 2.51. The van der Waals surface area contributed by atoms with Gasteiger partial charge in [0.2, 0.25) is 0 Å². The lowest BCUT2D eigenvalue weighted by atomic mass is 10.2. The number of carboxylic acids is 1. The van der Waals surface area contributed by atoms with Gasteiger partial charge in [-0.25, -0.2) is 14.2 Å². The van der Waals surface area contributed by atoms with Crippen molar-refractivity contribution < 1.29 is 19.1 Å². The Hall–Kier alpha value is -2.42. The molecule has 0 radical (unpaired) electrons. The van der Waals surface area contributed by atoms with Gasteiger partial charge in [0.1, 0.15) is 5.69 Å². The van der Waals surface area contributed by atoms with Gasteiger partial charge in [0.25, 0.3) is 5.91 Å². The second-order valence-corrected chi connectivity index (χ2v) is 2.44. The Balaban J connectivity index is 3.23. The lowest BCUT2D eigenvalue weighted by Gasteiger charge is -1.97. The fourth-order valence-electron chi connectivity index (χ4n) is 0.817. The standard InChI is InChI=1S/C9H5FN2O3/c10-8-5(9(14)15)3-4-12-6(8)1-2-7(11)13/h3-4H,(H2,11,13)(H,14,15). The first kappa shape index (κ1) is 10.7. The first-order valence-electron chi connectivity index (χ1n) is 3.71. The molecule has 76 valence electrons. The van der Waals surface area contributed by atoms with Crippen molar-refractivity contribution in [2.75, 3.05) is 0 Å². The first-order chi connectivity index (χ1) is 7.02. The molecule has 0 unspecified atom stereocenters. The number of nitrogens with zero attached hydrogens (tertiary/aromatic N) is 1. The molecule has 15 heavy (non-hydrogen) atoms. The second kappa shape index (κ2) is 4.19. The molecular formula is C9H5FN2O3. The smallest absolute Gasteiger partial charge is 0.338 e. The van der Waals surface area contributed by atoms with E-state index in [4.69, 9.17) is 10.8 Å². The highest BCUT2D eigenvalue weighted by molar-refractivity contribution is 5.92. The topological polar surface area (TPSA) is 93.3 Å². The van der Waals surface area contributed by atoms with Crippen LogP contribution in [0.3, 0.4) is 0 Å². The number of primary amides is 1. The van der Waals surface area contributed by atoms with E-state index in [0.717, 1.165) is 12.3 Å². The normalized spacial score (nSPS) is 8.87. The average molecular weight is 208 g/mol. The molecule has 6 heteroatoms. The Bertz CT molecular complexity index is 488. The molecule has 0 aliphatic heterocycles. The van der Waals surface area contributed by atoms with Gasteiger partial charge in [0.15, 0.2) is 5.82 Å². The van der Waals surface area contributed by atoms with Crippen molar-refractivity contribution in [3.8, 4) is 11.8 Å². The van der Waals surface area contributed by atoms with Gasteiger partial charge in [-0.1, -0.05) is 0 Å². The van der Waals surface area contributed by atoms with Crippen molar-refractivity contribution in [3.05, 3.63) is 29.3 Å². The highest BCUT2D eigenvalue weighted by atomic mass is 19.1. The summed E-state index contributed by atoms with van der Waals surface area (Å²) in [5.41, 5.74) is 3.73. The summed E-state index contributed by atoms with van der Waals surface area (Å²) in [4.78, 5) is 24.3. The van der Waals surface area contributed by atoms with E-state index < -0.39 is 29.0 Å². The number of aromatic nitrogens is 1. The largest absolute Gasteiger partial charge is 0.478 e. The monoisotopic (exact) mass is 208 g/mol. The number of aromatic carboxylic acids is 1. The van der Waals surface area contributed by atoms with Crippen LogP contribution >= 0.6 is 0 Å². The third-order valence-electron chi connectivity index (χ3n) is 1.42. The van der Waals surface area contributed by atoms with Crippen LogP contribution in [-0.4, -0.2) is 22.0 Å². The summed E-state index contributed by atoms with van der Waals surface area (Å²) in [5.74, 6) is 0.431. The third-order valence-corrected chi connectivity index (χ3v) is 1.42. The summed E-state index contributed by atoms with van der Waals surface area (Å²) in [6, 6.07) is 0.993. The van der Waals surface area contributed by atoms with E-state index in [-0.39, 0.29) is 0 Å². The lowest BCUT2D eigenvalue weighted by Crippen LogP contribution is -2.07. The van der Waals surface area contributed by atoms with Crippen LogP contribution in [0.1, 0.15) is 16.1 Å². The molecule has 0 bridgehead atoms. The first-order valence-corrected chi connectivity index (χ1v) is 3.71. The zero-order chi connectivity index (χ0) is 11.4. The number of amides is 1. The van der Waals surface area contributed by atoms with Gasteiger partial charge in [0.05, 0.1) is 5.56 Å². The van der Waals surface area contributed by atoms with Crippen molar-refractivity contribution in [3.63, 3.8) is 0 Å². The zero-order valence-electron chi connectivity index (χ0n) is 7.32. The van der Waals surface area contributed by atoms with Gasteiger partial charge in [-0.3, -0.25) is 4.79 Å². The zero-order valence-corrected chi connectivity index (χ0v) is 7.32. The summed E-state index contributed by atoms with van der Waals surface area (Å²) in [6.45, 7) is 0. The average Bonchev–Trinajstić information content (AvgIpc) is 2.15. The summed E-state index contributed by atoms with van der Waals surface area (Å²) in [7, 11) is 0. The number of carbonyl (C=O) groups excluding carboxylic acids is 1. The van der Waals surface area contributed by atoms with Crippen molar-refractivity contribution >= 4 is 11.9 Å². The summed E-state index contributed by atoms with van der Waals surface area (Å²) in [5, 5.41) is 8.56. The Morgan fingerprint density at radius 2 is 2.20 bits per heavy atom. The maximum absolute atomic E-state index is 13.3. The minimum atomic E-state index is -1.43. The van der Waals surface area contributed by atoms with Crippen LogP contribution in [0.2, 0.25) is 0 Å². The number of carbonyl (C=O) groups is 2. The Morgan fingerprint density at radius 1 is 1.53 bits per heavy atom. The molecule has 0 saturated carbocycles. The minimum Gasteiger partial charge on any atom is -0.478 e. The number of hydrogen-bond donors (Lipinski definition) is 2. The number of pyridine rings is 1. The number of hydrogen-bond acceptors (Lipinski definition) is 3. The molecule has 5 nitrogen and oxygen atoms in total. The van der Waals surface area contributed by atoms with Gasteiger partial charge in [-0.2, -0.15) is 0 Å². The number of carboxylic acid groups (broad SMARTS) is 1.